The fraction of sp³-hybridized carbons (Fsp3) is 0.526. The number of H-pyrrole nitrogens is 1. The summed E-state index contributed by atoms with van der Waals surface area (Å²) in [7, 11) is 0. The molecule has 142 valence electrons. The van der Waals surface area contributed by atoms with Crippen LogP contribution in [-0.4, -0.2) is 44.7 Å². The lowest BCUT2D eigenvalue weighted by Gasteiger charge is -2.62. The van der Waals surface area contributed by atoms with Crippen molar-refractivity contribution in [3.63, 3.8) is 0 Å². The molecule has 7 heteroatoms. The van der Waals surface area contributed by atoms with Gasteiger partial charge in [-0.1, -0.05) is 32.0 Å². The lowest BCUT2D eigenvalue weighted by molar-refractivity contribution is -0.0667. The molecule has 0 spiro atoms. The second-order valence-corrected chi connectivity index (χ2v) is 7.73. The zero-order chi connectivity index (χ0) is 18.1. The summed E-state index contributed by atoms with van der Waals surface area (Å²) in [6.07, 6.45) is 1.52. The van der Waals surface area contributed by atoms with E-state index < -0.39 is 0 Å². The van der Waals surface area contributed by atoms with E-state index in [-0.39, 0.29) is 34.9 Å². The van der Waals surface area contributed by atoms with Crippen LogP contribution in [0.5, 0.6) is 0 Å². The molecular formula is C19H29IN6. The Morgan fingerprint density at radius 2 is 2.08 bits per heavy atom. The van der Waals surface area contributed by atoms with Gasteiger partial charge < -0.3 is 10.2 Å². The van der Waals surface area contributed by atoms with E-state index in [1.807, 2.05) is 12.1 Å². The summed E-state index contributed by atoms with van der Waals surface area (Å²) in [5.41, 5.74) is 2.56. The van der Waals surface area contributed by atoms with Crippen molar-refractivity contribution < 1.29 is 0 Å². The molecule has 3 rings (SSSR count). The van der Waals surface area contributed by atoms with Gasteiger partial charge in [-0.05, 0) is 32.4 Å². The molecule has 1 aliphatic heterocycles. The number of rotatable bonds is 4. The van der Waals surface area contributed by atoms with Crippen LogP contribution in [0.1, 0.15) is 40.2 Å². The molecule has 0 radical (unpaired) electrons. The van der Waals surface area contributed by atoms with Gasteiger partial charge in [0, 0.05) is 29.6 Å². The molecular weight excluding hydrogens is 439 g/mol. The summed E-state index contributed by atoms with van der Waals surface area (Å²) in [6.45, 7) is 13.8. The molecule has 0 aliphatic carbocycles. The molecule has 0 unspecified atom stereocenters. The normalized spacial score (nSPS) is 18.0. The molecule has 0 saturated carbocycles. The van der Waals surface area contributed by atoms with Gasteiger partial charge >= 0.3 is 0 Å². The van der Waals surface area contributed by atoms with Crippen LogP contribution in [-0.2, 0) is 6.54 Å². The zero-order valence-electron chi connectivity index (χ0n) is 16.2. The largest absolute Gasteiger partial charge is 0.356 e. The van der Waals surface area contributed by atoms with E-state index in [0.717, 1.165) is 36.0 Å². The van der Waals surface area contributed by atoms with Crippen LogP contribution < -0.4 is 5.32 Å². The molecule has 2 aromatic rings. The maximum Gasteiger partial charge on any atom is 0.194 e. The molecule has 2 N–H and O–H groups in total. The summed E-state index contributed by atoms with van der Waals surface area (Å²) in [4.78, 5) is 11.5. The predicted molar refractivity (Wildman–Crippen MR) is 117 cm³/mol. The van der Waals surface area contributed by atoms with Crippen LogP contribution in [0.15, 0.2) is 35.6 Å². The number of aromatic amines is 1. The van der Waals surface area contributed by atoms with E-state index >= 15 is 0 Å². The quantitative estimate of drug-likeness (QED) is 0.408. The number of halogens is 1. The van der Waals surface area contributed by atoms with Gasteiger partial charge in [0.15, 0.2) is 11.8 Å². The summed E-state index contributed by atoms with van der Waals surface area (Å²) < 4.78 is 0. The van der Waals surface area contributed by atoms with Gasteiger partial charge in [0.25, 0.3) is 0 Å². The first kappa shape index (κ1) is 20.7. The van der Waals surface area contributed by atoms with Crippen LogP contribution in [0.2, 0.25) is 0 Å². The molecule has 2 heterocycles. The monoisotopic (exact) mass is 468 g/mol. The highest BCUT2D eigenvalue weighted by Crippen LogP contribution is 2.46. The molecule has 1 aromatic heterocycles. The maximum atomic E-state index is 4.87. The Morgan fingerprint density at radius 3 is 2.65 bits per heavy atom. The van der Waals surface area contributed by atoms with Crippen molar-refractivity contribution in [3.05, 3.63) is 36.2 Å². The summed E-state index contributed by atoms with van der Waals surface area (Å²) >= 11 is 0. The summed E-state index contributed by atoms with van der Waals surface area (Å²) in [5, 5.41) is 10.3. The number of likely N-dealkylation sites (tertiary alicyclic amines) is 1. The Labute approximate surface area is 172 Å². The van der Waals surface area contributed by atoms with E-state index in [2.05, 4.69) is 72.1 Å². The van der Waals surface area contributed by atoms with Crippen LogP contribution >= 0.6 is 24.0 Å². The topological polar surface area (TPSA) is 69.2 Å². The zero-order valence-corrected chi connectivity index (χ0v) is 18.5. The minimum atomic E-state index is 0. The van der Waals surface area contributed by atoms with Crippen LogP contribution in [0.3, 0.4) is 0 Å². The number of guanidine groups is 1. The fourth-order valence-electron chi connectivity index (χ4n) is 3.12. The number of hydrogen-bond donors (Lipinski definition) is 2. The Kier molecular flexibility index (Phi) is 6.31. The van der Waals surface area contributed by atoms with Gasteiger partial charge in [0.1, 0.15) is 6.33 Å². The van der Waals surface area contributed by atoms with Crippen LogP contribution in [0, 0.1) is 5.41 Å². The van der Waals surface area contributed by atoms with Gasteiger partial charge in [-0.2, -0.15) is 5.10 Å². The van der Waals surface area contributed by atoms with Crippen molar-refractivity contribution in [2.24, 2.45) is 10.4 Å². The van der Waals surface area contributed by atoms with E-state index in [4.69, 9.17) is 4.99 Å². The molecule has 26 heavy (non-hydrogen) atoms. The molecule has 0 atom stereocenters. The van der Waals surface area contributed by atoms with Gasteiger partial charge in [-0.3, -0.25) is 5.10 Å². The lowest BCUT2D eigenvalue weighted by Crippen LogP contribution is -2.72. The molecule has 1 fully saturated rings. The average Bonchev–Trinajstić information content (AvgIpc) is 3.12. The highest BCUT2D eigenvalue weighted by atomic mass is 127. The van der Waals surface area contributed by atoms with Gasteiger partial charge in [0.2, 0.25) is 0 Å². The number of benzene rings is 1. The number of aromatic nitrogens is 3. The third-order valence-corrected chi connectivity index (χ3v) is 5.50. The van der Waals surface area contributed by atoms with Crippen LogP contribution in [0.4, 0.5) is 0 Å². The van der Waals surface area contributed by atoms with Crippen molar-refractivity contribution in [1.29, 1.82) is 0 Å². The van der Waals surface area contributed by atoms with E-state index in [9.17, 15) is 0 Å². The molecule has 1 saturated heterocycles. The SMILES string of the molecule is CCNC(=NCc1cccc(-c2ncn[nH]2)c1)N1CC(C)(C)C1(C)C.I. The molecule has 1 aromatic carbocycles. The van der Waals surface area contributed by atoms with E-state index in [1.165, 1.54) is 6.33 Å². The maximum absolute atomic E-state index is 4.87. The Balaban J connectivity index is 0.00000243. The first-order valence-electron chi connectivity index (χ1n) is 8.86. The minimum Gasteiger partial charge on any atom is -0.356 e. The van der Waals surface area contributed by atoms with Gasteiger partial charge in [-0.15, -0.1) is 24.0 Å². The Bertz CT molecular complexity index is 751. The first-order chi connectivity index (χ1) is 11.8. The fourth-order valence-corrected chi connectivity index (χ4v) is 3.12. The van der Waals surface area contributed by atoms with Crippen molar-refractivity contribution in [3.8, 4) is 11.4 Å². The summed E-state index contributed by atoms with van der Waals surface area (Å²) in [6, 6.07) is 8.27. The molecule has 0 bridgehead atoms. The smallest absolute Gasteiger partial charge is 0.194 e. The predicted octanol–water partition coefficient (Wildman–Crippen LogP) is 3.68. The third-order valence-electron chi connectivity index (χ3n) is 5.50. The molecule has 1 aliphatic rings. The highest BCUT2D eigenvalue weighted by molar-refractivity contribution is 14.0. The summed E-state index contributed by atoms with van der Waals surface area (Å²) in [5.74, 6) is 1.76. The number of nitrogens with one attached hydrogen (secondary N) is 2. The standard InChI is InChI=1S/C19H28N6.HI/c1-6-20-17(25-12-18(2,3)19(25,4)5)21-11-14-8-7-9-15(10-14)16-22-13-23-24-16;/h7-10,13H,6,11-12H2,1-5H3,(H,20,21)(H,22,23,24);1H. The van der Waals surface area contributed by atoms with Crippen molar-refractivity contribution in [2.75, 3.05) is 13.1 Å². The third kappa shape index (κ3) is 3.87. The number of aliphatic imine (C=N–C) groups is 1. The Hall–Kier alpha value is -1.64. The number of hydrogen-bond acceptors (Lipinski definition) is 3. The van der Waals surface area contributed by atoms with Crippen molar-refractivity contribution in [2.45, 2.75) is 46.7 Å². The van der Waals surface area contributed by atoms with Crippen molar-refractivity contribution in [1.82, 2.24) is 25.4 Å². The Morgan fingerprint density at radius 1 is 1.31 bits per heavy atom. The van der Waals surface area contributed by atoms with E-state index in [1.54, 1.807) is 0 Å². The van der Waals surface area contributed by atoms with Gasteiger partial charge in [0.05, 0.1) is 6.54 Å². The second kappa shape index (κ2) is 7.94. The lowest BCUT2D eigenvalue weighted by atomic mass is 9.65. The highest BCUT2D eigenvalue weighted by Gasteiger charge is 2.53. The average molecular weight is 468 g/mol. The van der Waals surface area contributed by atoms with Gasteiger partial charge in [-0.25, -0.2) is 9.98 Å². The van der Waals surface area contributed by atoms with Crippen molar-refractivity contribution >= 4 is 29.9 Å². The van der Waals surface area contributed by atoms with Crippen LogP contribution in [0.25, 0.3) is 11.4 Å². The molecule has 0 amide bonds. The molecule has 6 nitrogen and oxygen atoms in total. The second-order valence-electron chi connectivity index (χ2n) is 7.73. The first-order valence-corrected chi connectivity index (χ1v) is 8.86. The van der Waals surface area contributed by atoms with E-state index in [0.29, 0.717) is 6.54 Å². The number of nitrogens with zero attached hydrogens (tertiary/aromatic N) is 4. The minimum absolute atomic E-state index is 0.